The molecule has 106 valence electrons. The van der Waals surface area contributed by atoms with Gasteiger partial charge in [0.15, 0.2) is 0 Å². The molecule has 0 aliphatic rings. The first kappa shape index (κ1) is 15.0. The van der Waals surface area contributed by atoms with E-state index in [0.29, 0.717) is 10.7 Å². The van der Waals surface area contributed by atoms with Gasteiger partial charge in [-0.3, -0.25) is 0 Å². The number of anilines is 3. The van der Waals surface area contributed by atoms with Crippen LogP contribution in [-0.4, -0.2) is 6.10 Å². The summed E-state index contributed by atoms with van der Waals surface area (Å²) in [5, 5.41) is 3.87. The van der Waals surface area contributed by atoms with Crippen LogP contribution in [0.1, 0.15) is 13.8 Å². The molecule has 2 rings (SSSR count). The lowest BCUT2D eigenvalue weighted by molar-refractivity contribution is 0.242. The summed E-state index contributed by atoms with van der Waals surface area (Å²) in [5.41, 5.74) is 8.18. The predicted octanol–water partition coefficient (Wildman–Crippen LogP) is 5.22. The molecule has 2 aromatic carbocycles. The molecular weight excluding hydrogens is 340 g/mol. The van der Waals surface area contributed by atoms with Gasteiger partial charge >= 0.3 is 0 Å². The molecule has 3 N–H and O–H groups in total. The highest BCUT2D eigenvalue weighted by Crippen LogP contribution is 2.31. The number of halogens is 2. The number of nitrogens with two attached hydrogens (primary N) is 1. The van der Waals surface area contributed by atoms with E-state index in [1.165, 1.54) is 0 Å². The zero-order valence-corrected chi connectivity index (χ0v) is 13.6. The smallest absolute Gasteiger partial charge is 0.123 e. The average Bonchev–Trinajstić information content (AvgIpc) is 2.31. The van der Waals surface area contributed by atoms with Gasteiger partial charge in [0.2, 0.25) is 0 Å². The van der Waals surface area contributed by atoms with Crippen molar-refractivity contribution < 1.29 is 4.74 Å². The van der Waals surface area contributed by atoms with Gasteiger partial charge in [0.1, 0.15) is 5.75 Å². The van der Waals surface area contributed by atoms with Crippen molar-refractivity contribution in [1.29, 1.82) is 0 Å². The Labute approximate surface area is 132 Å². The fraction of sp³-hybridized carbons (Fsp3) is 0.200. The molecule has 0 aliphatic carbocycles. The third-order valence-corrected chi connectivity index (χ3v) is 3.32. The first-order valence-electron chi connectivity index (χ1n) is 6.23. The quantitative estimate of drug-likeness (QED) is 0.740. The highest BCUT2D eigenvalue weighted by Gasteiger charge is 2.05. The van der Waals surface area contributed by atoms with Crippen molar-refractivity contribution in [3.63, 3.8) is 0 Å². The molecule has 0 saturated carbocycles. The molecular formula is C15H16BrClN2O. The summed E-state index contributed by atoms with van der Waals surface area (Å²) in [4.78, 5) is 0. The molecule has 0 bridgehead atoms. The molecule has 0 radical (unpaired) electrons. The van der Waals surface area contributed by atoms with Crippen molar-refractivity contribution in [3.8, 4) is 5.75 Å². The second-order valence-corrected chi connectivity index (χ2v) is 6.03. The Morgan fingerprint density at radius 1 is 1.20 bits per heavy atom. The topological polar surface area (TPSA) is 47.3 Å². The average molecular weight is 356 g/mol. The highest BCUT2D eigenvalue weighted by molar-refractivity contribution is 9.10. The van der Waals surface area contributed by atoms with Gasteiger partial charge in [0.25, 0.3) is 0 Å². The van der Waals surface area contributed by atoms with Crippen LogP contribution in [0.15, 0.2) is 40.9 Å². The van der Waals surface area contributed by atoms with Crippen LogP contribution in [0.3, 0.4) is 0 Å². The van der Waals surface area contributed by atoms with Crippen LogP contribution in [-0.2, 0) is 0 Å². The van der Waals surface area contributed by atoms with Crippen molar-refractivity contribution in [2.75, 3.05) is 11.1 Å². The molecule has 0 heterocycles. The maximum absolute atomic E-state index is 6.19. The van der Waals surface area contributed by atoms with E-state index in [9.17, 15) is 0 Å². The van der Waals surface area contributed by atoms with E-state index in [2.05, 4.69) is 21.2 Å². The molecule has 5 heteroatoms. The lowest BCUT2D eigenvalue weighted by Crippen LogP contribution is -2.06. The van der Waals surface area contributed by atoms with Crippen molar-refractivity contribution in [1.82, 2.24) is 0 Å². The van der Waals surface area contributed by atoms with E-state index in [1.54, 1.807) is 6.07 Å². The van der Waals surface area contributed by atoms with Gasteiger partial charge in [-0.15, -0.1) is 0 Å². The van der Waals surface area contributed by atoms with Gasteiger partial charge < -0.3 is 15.8 Å². The molecule has 0 amide bonds. The molecule has 0 fully saturated rings. The second kappa shape index (κ2) is 6.37. The number of nitrogen functional groups attached to an aromatic ring is 1. The molecule has 20 heavy (non-hydrogen) atoms. The molecule has 0 aromatic heterocycles. The first-order chi connectivity index (χ1) is 9.44. The number of ether oxygens (including phenoxy) is 1. The largest absolute Gasteiger partial charge is 0.491 e. The van der Waals surface area contributed by atoms with E-state index in [0.717, 1.165) is 21.6 Å². The van der Waals surface area contributed by atoms with Crippen LogP contribution in [0.5, 0.6) is 5.75 Å². The van der Waals surface area contributed by atoms with Crippen molar-refractivity contribution in [3.05, 3.63) is 45.9 Å². The number of hydrogen-bond acceptors (Lipinski definition) is 3. The lowest BCUT2D eigenvalue weighted by Gasteiger charge is -2.14. The summed E-state index contributed by atoms with van der Waals surface area (Å²) in [6.45, 7) is 3.95. The SMILES string of the molecule is CC(C)Oc1cc(N)cc(Nc2ccc(Br)cc2Cl)c1. The second-order valence-electron chi connectivity index (χ2n) is 4.71. The van der Waals surface area contributed by atoms with Crippen LogP contribution in [0.4, 0.5) is 17.1 Å². The third-order valence-electron chi connectivity index (χ3n) is 2.51. The number of nitrogens with one attached hydrogen (secondary N) is 1. The molecule has 2 aromatic rings. The summed E-state index contributed by atoms with van der Waals surface area (Å²) in [7, 11) is 0. The fourth-order valence-electron chi connectivity index (χ4n) is 1.78. The summed E-state index contributed by atoms with van der Waals surface area (Å²) in [6, 6.07) is 11.2. The molecule has 0 aliphatic heterocycles. The Hall–Kier alpha value is -1.39. The Morgan fingerprint density at radius 3 is 2.60 bits per heavy atom. The molecule has 0 spiro atoms. The minimum absolute atomic E-state index is 0.0981. The number of benzene rings is 2. The zero-order valence-electron chi connectivity index (χ0n) is 11.3. The van der Waals surface area contributed by atoms with Gasteiger partial charge in [0, 0.05) is 28.0 Å². The Kier molecular flexibility index (Phi) is 4.78. The van der Waals surface area contributed by atoms with Gasteiger partial charge in [-0.05, 0) is 38.1 Å². The van der Waals surface area contributed by atoms with E-state index in [-0.39, 0.29) is 6.10 Å². The van der Waals surface area contributed by atoms with Crippen molar-refractivity contribution >= 4 is 44.6 Å². The summed E-state index contributed by atoms with van der Waals surface area (Å²) in [5.74, 6) is 0.732. The van der Waals surface area contributed by atoms with Crippen molar-refractivity contribution in [2.45, 2.75) is 20.0 Å². The maximum atomic E-state index is 6.19. The number of rotatable bonds is 4. The van der Waals surface area contributed by atoms with Crippen LogP contribution < -0.4 is 15.8 Å². The molecule has 3 nitrogen and oxygen atoms in total. The van der Waals surface area contributed by atoms with Crippen LogP contribution >= 0.6 is 27.5 Å². The Balaban J connectivity index is 2.26. The third kappa shape index (κ3) is 4.05. The first-order valence-corrected chi connectivity index (χ1v) is 7.40. The van der Waals surface area contributed by atoms with E-state index in [4.69, 9.17) is 22.1 Å². The summed E-state index contributed by atoms with van der Waals surface area (Å²) in [6.07, 6.45) is 0.0981. The maximum Gasteiger partial charge on any atom is 0.123 e. The molecule has 0 unspecified atom stereocenters. The van der Waals surface area contributed by atoms with Gasteiger partial charge in [0.05, 0.1) is 16.8 Å². The minimum atomic E-state index is 0.0981. The number of hydrogen-bond donors (Lipinski definition) is 2. The summed E-state index contributed by atoms with van der Waals surface area (Å²) >= 11 is 9.57. The van der Waals surface area contributed by atoms with Gasteiger partial charge in [-0.25, -0.2) is 0 Å². The van der Waals surface area contributed by atoms with Crippen LogP contribution in [0.25, 0.3) is 0 Å². The molecule has 0 saturated heterocycles. The zero-order chi connectivity index (χ0) is 14.7. The minimum Gasteiger partial charge on any atom is -0.491 e. The molecule has 0 atom stereocenters. The normalized spacial score (nSPS) is 10.7. The standard InChI is InChI=1S/C15H16BrClN2O/c1-9(2)20-13-7-11(18)6-12(8-13)19-15-4-3-10(16)5-14(15)17/h3-9,19H,18H2,1-2H3. The van der Waals surface area contributed by atoms with E-state index >= 15 is 0 Å². The van der Waals surface area contributed by atoms with Crippen LogP contribution in [0, 0.1) is 0 Å². The van der Waals surface area contributed by atoms with Crippen LogP contribution in [0.2, 0.25) is 5.02 Å². The van der Waals surface area contributed by atoms with E-state index in [1.807, 2.05) is 44.2 Å². The van der Waals surface area contributed by atoms with Gasteiger partial charge in [-0.1, -0.05) is 27.5 Å². The monoisotopic (exact) mass is 354 g/mol. The predicted molar refractivity (Wildman–Crippen MR) is 89.1 cm³/mol. The highest BCUT2D eigenvalue weighted by atomic mass is 79.9. The Bertz CT molecular complexity index is 617. The van der Waals surface area contributed by atoms with Gasteiger partial charge in [-0.2, -0.15) is 0 Å². The fourth-order valence-corrected chi connectivity index (χ4v) is 2.50. The Morgan fingerprint density at radius 2 is 1.95 bits per heavy atom. The lowest BCUT2D eigenvalue weighted by atomic mass is 10.2. The van der Waals surface area contributed by atoms with Crippen molar-refractivity contribution in [2.24, 2.45) is 0 Å². The summed E-state index contributed by atoms with van der Waals surface area (Å²) < 4.78 is 6.60. The van der Waals surface area contributed by atoms with E-state index < -0.39 is 0 Å².